The molecular weight excluding hydrogens is 316 g/mol. The van der Waals surface area contributed by atoms with Gasteiger partial charge in [0.25, 0.3) is 0 Å². The van der Waals surface area contributed by atoms with Crippen LogP contribution < -0.4 is 9.46 Å². The second-order valence-corrected chi connectivity index (χ2v) is 6.82. The lowest BCUT2D eigenvalue weighted by Gasteiger charge is -2.09. The lowest BCUT2D eigenvalue weighted by atomic mass is 10.2. The molecule has 0 unspecified atom stereocenters. The van der Waals surface area contributed by atoms with Crippen LogP contribution in [0.25, 0.3) is 11.0 Å². The highest BCUT2D eigenvalue weighted by Crippen LogP contribution is 2.20. The number of hydrogen-bond donors (Lipinski definition) is 1. The Kier molecular flexibility index (Phi) is 4.31. The van der Waals surface area contributed by atoms with E-state index < -0.39 is 10.0 Å². The van der Waals surface area contributed by atoms with Crippen LogP contribution in [-0.2, 0) is 22.3 Å². The summed E-state index contributed by atoms with van der Waals surface area (Å²) in [5.74, 6) is 0.404. The molecule has 6 nitrogen and oxygen atoms in total. The summed E-state index contributed by atoms with van der Waals surface area (Å²) in [5, 5.41) is 4.55. The summed E-state index contributed by atoms with van der Waals surface area (Å²) in [5.41, 5.74) is 1.74. The fourth-order valence-corrected chi connectivity index (χ4v) is 3.36. The maximum atomic E-state index is 12.3. The quantitative estimate of drug-likeness (QED) is 0.750. The van der Waals surface area contributed by atoms with Gasteiger partial charge in [0, 0.05) is 17.5 Å². The van der Waals surface area contributed by atoms with Gasteiger partial charge in [0.15, 0.2) is 5.58 Å². The summed E-state index contributed by atoms with van der Waals surface area (Å²) in [6, 6.07) is 14.4. The minimum Gasteiger partial charge on any atom is -0.496 e. The van der Waals surface area contributed by atoms with Crippen molar-refractivity contribution in [3.05, 3.63) is 59.8 Å². The molecule has 3 aromatic rings. The van der Waals surface area contributed by atoms with E-state index in [1.807, 2.05) is 30.3 Å². The van der Waals surface area contributed by atoms with Gasteiger partial charge in [-0.25, -0.2) is 13.1 Å². The standard InChI is InChI=1S/C16H16N2O4S/c1-21-15-8-4-2-6-12(15)10-17-23(19,20)11-14-13-7-3-5-9-16(13)22-18-14/h2-9,17H,10-11H2,1H3. The fourth-order valence-electron chi connectivity index (χ4n) is 2.31. The summed E-state index contributed by atoms with van der Waals surface area (Å²) in [7, 11) is -2.00. The monoisotopic (exact) mass is 332 g/mol. The van der Waals surface area contributed by atoms with E-state index in [1.165, 1.54) is 0 Å². The largest absolute Gasteiger partial charge is 0.496 e. The second-order valence-electron chi connectivity index (χ2n) is 5.02. The maximum Gasteiger partial charge on any atom is 0.217 e. The van der Waals surface area contributed by atoms with Crippen molar-refractivity contribution in [1.29, 1.82) is 0 Å². The molecule has 120 valence electrons. The number of ether oxygens (including phenoxy) is 1. The zero-order chi connectivity index (χ0) is 16.3. The van der Waals surface area contributed by atoms with E-state index in [1.54, 1.807) is 25.3 Å². The topological polar surface area (TPSA) is 81.4 Å². The van der Waals surface area contributed by atoms with Crippen molar-refractivity contribution in [2.24, 2.45) is 0 Å². The highest BCUT2D eigenvalue weighted by atomic mass is 32.2. The molecule has 0 atom stereocenters. The molecular formula is C16H16N2O4S. The zero-order valence-electron chi connectivity index (χ0n) is 12.5. The van der Waals surface area contributed by atoms with Gasteiger partial charge in [-0.1, -0.05) is 35.5 Å². The Morgan fingerprint density at radius 2 is 1.87 bits per heavy atom. The van der Waals surface area contributed by atoms with E-state index >= 15 is 0 Å². The van der Waals surface area contributed by atoms with Crippen LogP contribution in [0.2, 0.25) is 0 Å². The molecule has 0 fully saturated rings. The highest BCUT2D eigenvalue weighted by molar-refractivity contribution is 7.88. The molecule has 0 radical (unpaired) electrons. The molecule has 0 amide bonds. The molecule has 0 saturated heterocycles. The Labute approximate surface area is 134 Å². The van der Waals surface area contributed by atoms with Gasteiger partial charge in [-0.05, 0) is 18.2 Å². The average Bonchev–Trinajstić information content (AvgIpc) is 2.96. The predicted molar refractivity (Wildman–Crippen MR) is 86.5 cm³/mol. The van der Waals surface area contributed by atoms with Crippen LogP contribution >= 0.6 is 0 Å². The number of methoxy groups -OCH3 is 1. The Bertz CT molecular complexity index is 918. The summed E-state index contributed by atoms with van der Waals surface area (Å²) in [6.45, 7) is 0.155. The van der Waals surface area contributed by atoms with E-state index in [-0.39, 0.29) is 12.3 Å². The van der Waals surface area contributed by atoms with Gasteiger partial charge >= 0.3 is 0 Å². The first kappa shape index (κ1) is 15.5. The second kappa shape index (κ2) is 6.39. The van der Waals surface area contributed by atoms with Crippen LogP contribution in [0.5, 0.6) is 5.75 Å². The molecule has 1 aromatic heterocycles. The Morgan fingerprint density at radius 3 is 2.70 bits per heavy atom. The first-order valence-corrected chi connectivity index (χ1v) is 8.67. The Morgan fingerprint density at radius 1 is 1.13 bits per heavy atom. The Balaban J connectivity index is 1.75. The van der Waals surface area contributed by atoms with Crippen molar-refractivity contribution >= 4 is 21.0 Å². The van der Waals surface area contributed by atoms with Gasteiger partial charge in [-0.15, -0.1) is 0 Å². The molecule has 0 aliphatic heterocycles. The molecule has 3 rings (SSSR count). The van der Waals surface area contributed by atoms with E-state index in [2.05, 4.69) is 9.88 Å². The van der Waals surface area contributed by atoms with E-state index in [9.17, 15) is 8.42 Å². The number of aromatic nitrogens is 1. The van der Waals surface area contributed by atoms with E-state index in [0.29, 0.717) is 22.4 Å². The summed E-state index contributed by atoms with van der Waals surface area (Å²) in [4.78, 5) is 0. The molecule has 0 aliphatic carbocycles. The van der Waals surface area contributed by atoms with Gasteiger partial charge in [0.05, 0.1) is 7.11 Å². The molecule has 0 aliphatic rings. The van der Waals surface area contributed by atoms with Crippen LogP contribution in [0.3, 0.4) is 0 Å². The molecule has 7 heteroatoms. The van der Waals surface area contributed by atoms with Crippen LogP contribution in [-0.4, -0.2) is 20.7 Å². The minimum absolute atomic E-state index is 0.155. The lowest BCUT2D eigenvalue weighted by molar-refractivity contribution is 0.409. The van der Waals surface area contributed by atoms with Gasteiger partial charge in [-0.3, -0.25) is 0 Å². The number of nitrogens with zero attached hydrogens (tertiary/aromatic N) is 1. The number of benzene rings is 2. The average molecular weight is 332 g/mol. The molecule has 1 N–H and O–H groups in total. The SMILES string of the molecule is COc1ccccc1CNS(=O)(=O)Cc1noc2ccccc12. The molecule has 1 heterocycles. The molecule has 0 bridgehead atoms. The number of sulfonamides is 1. The number of para-hydroxylation sites is 2. The van der Waals surface area contributed by atoms with Crippen molar-refractivity contribution in [3.8, 4) is 5.75 Å². The van der Waals surface area contributed by atoms with Gasteiger partial charge < -0.3 is 9.26 Å². The van der Waals surface area contributed by atoms with Crippen molar-refractivity contribution in [2.45, 2.75) is 12.3 Å². The molecule has 2 aromatic carbocycles. The summed E-state index contributed by atoms with van der Waals surface area (Å²) in [6.07, 6.45) is 0. The first-order valence-electron chi connectivity index (χ1n) is 7.01. The fraction of sp³-hybridized carbons (Fsp3) is 0.188. The number of nitrogens with one attached hydrogen (secondary N) is 1. The number of hydrogen-bond acceptors (Lipinski definition) is 5. The van der Waals surface area contributed by atoms with Crippen molar-refractivity contribution in [1.82, 2.24) is 9.88 Å². The third-order valence-corrected chi connectivity index (χ3v) is 4.69. The highest BCUT2D eigenvalue weighted by Gasteiger charge is 2.17. The zero-order valence-corrected chi connectivity index (χ0v) is 13.3. The maximum absolute atomic E-state index is 12.3. The van der Waals surface area contributed by atoms with Crippen molar-refractivity contribution < 1.29 is 17.7 Å². The van der Waals surface area contributed by atoms with Crippen molar-refractivity contribution in [3.63, 3.8) is 0 Å². The molecule has 0 saturated carbocycles. The Hall–Kier alpha value is -2.38. The van der Waals surface area contributed by atoms with Gasteiger partial charge in [0.2, 0.25) is 10.0 Å². The number of rotatable bonds is 6. The third kappa shape index (κ3) is 3.52. The van der Waals surface area contributed by atoms with Crippen molar-refractivity contribution in [2.75, 3.05) is 7.11 Å². The number of fused-ring (bicyclic) bond motifs is 1. The molecule has 23 heavy (non-hydrogen) atoms. The minimum atomic E-state index is -3.55. The van der Waals surface area contributed by atoms with Crippen LogP contribution in [0.4, 0.5) is 0 Å². The van der Waals surface area contributed by atoms with E-state index in [0.717, 1.165) is 5.56 Å². The van der Waals surface area contributed by atoms with Crippen LogP contribution in [0.1, 0.15) is 11.3 Å². The summed E-state index contributed by atoms with van der Waals surface area (Å²) < 4.78 is 37.5. The third-order valence-electron chi connectivity index (χ3n) is 3.45. The van der Waals surface area contributed by atoms with Crippen LogP contribution in [0.15, 0.2) is 53.1 Å². The van der Waals surface area contributed by atoms with Gasteiger partial charge in [-0.2, -0.15) is 0 Å². The smallest absolute Gasteiger partial charge is 0.217 e. The first-order chi connectivity index (χ1) is 11.1. The van der Waals surface area contributed by atoms with E-state index in [4.69, 9.17) is 9.26 Å². The normalized spacial score (nSPS) is 11.7. The molecule has 0 spiro atoms. The lowest BCUT2D eigenvalue weighted by Crippen LogP contribution is -2.25. The summed E-state index contributed by atoms with van der Waals surface area (Å²) >= 11 is 0. The predicted octanol–water partition coefficient (Wildman–Crippen LogP) is 2.46. The van der Waals surface area contributed by atoms with Crippen LogP contribution in [0, 0.1) is 0 Å². The van der Waals surface area contributed by atoms with Gasteiger partial charge in [0.1, 0.15) is 17.2 Å².